The maximum atomic E-state index is 11.5. The molecule has 0 radical (unpaired) electrons. The van der Waals surface area contributed by atoms with Crippen molar-refractivity contribution < 1.29 is 9.53 Å². The summed E-state index contributed by atoms with van der Waals surface area (Å²) >= 11 is 5.90. The van der Waals surface area contributed by atoms with Crippen molar-refractivity contribution in [2.24, 2.45) is 0 Å². The predicted octanol–water partition coefficient (Wildman–Crippen LogP) is 4.71. The third kappa shape index (κ3) is 4.49. The number of nitrogens with zero attached hydrogens (tertiary/aromatic N) is 2. The number of carbonyl (C=O) groups is 1. The van der Waals surface area contributed by atoms with E-state index in [1.807, 2.05) is 25.1 Å². The van der Waals surface area contributed by atoms with Crippen LogP contribution in [-0.2, 0) is 4.74 Å². The number of hydrogen-bond acceptors (Lipinski definition) is 6. The van der Waals surface area contributed by atoms with E-state index in [0.717, 1.165) is 17.1 Å². The highest BCUT2D eigenvalue weighted by Gasteiger charge is 2.06. The van der Waals surface area contributed by atoms with Gasteiger partial charge in [0.2, 0.25) is 5.95 Å². The summed E-state index contributed by atoms with van der Waals surface area (Å²) in [6, 6.07) is 16.1. The van der Waals surface area contributed by atoms with E-state index >= 15 is 0 Å². The first kappa shape index (κ1) is 17.7. The quantitative estimate of drug-likeness (QED) is 0.635. The minimum Gasteiger partial charge on any atom is -0.465 e. The highest BCUT2D eigenvalue weighted by molar-refractivity contribution is 6.30. The molecule has 2 N–H and O–H groups in total. The Morgan fingerprint density at radius 2 is 1.58 bits per heavy atom. The summed E-state index contributed by atoms with van der Waals surface area (Å²) in [6.07, 6.45) is 0. The first-order valence-electron chi connectivity index (χ1n) is 7.87. The van der Waals surface area contributed by atoms with Crippen LogP contribution in [0.15, 0.2) is 54.6 Å². The SMILES string of the molecule is COC(=O)c1ccc(Nc2cc(C)nc(Nc3ccc(Cl)cc3)n2)cc1. The molecule has 0 amide bonds. The van der Waals surface area contributed by atoms with Gasteiger partial charge in [0, 0.05) is 28.2 Å². The van der Waals surface area contributed by atoms with E-state index in [2.05, 4.69) is 20.6 Å². The fourth-order valence-electron chi connectivity index (χ4n) is 2.31. The molecule has 0 aliphatic rings. The van der Waals surface area contributed by atoms with E-state index in [0.29, 0.717) is 22.4 Å². The van der Waals surface area contributed by atoms with Gasteiger partial charge in [0.15, 0.2) is 0 Å². The first-order chi connectivity index (χ1) is 12.5. The summed E-state index contributed by atoms with van der Waals surface area (Å²) < 4.78 is 4.69. The summed E-state index contributed by atoms with van der Waals surface area (Å²) in [6.45, 7) is 1.89. The fraction of sp³-hybridized carbons (Fsp3) is 0.105. The van der Waals surface area contributed by atoms with Gasteiger partial charge in [-0.3, -0.25) is 0 Å². The molecule has 1 aromatic heterocycles. The molecule has 0 fully saturated rings. The number of anilines is 4. The number of nitrogens with one attached hydrogen (secondary N) is 2. The van der Waals surface area contributed by atoms with Crippen molar-refractivity contribution in [1.29, 1.82) is 0 Å². The average Bonchev–Trinajstić information content (AvgIpc) is 2.63. The second-order valence-corrected chi connectivity index (χ2v) is 5.98. The van der Waals surface area contributed by atoms with Gasteiger partial charge in [-0.15, -0.1) is 0 Å². The number of rotatable bonds is 5. The number of ether oxygens (including phenoxy) is 1. The number of aromatic nitrogens is 2. The zero-order valence-corrected chi connectivity index (χ0v) is 15.0. The molecule has 2 aromatic carbocycles. The number of carbonyl (C=O) groups excluding carboxylic acids is 1. The van der Waals surface area contributed by atoms with Crippen molar-refractivity contribution in [3.63, 3.8) is 0 Å². The normalized spacial score (nSPS) is 10.3. The van der Waals surface area contributed by atoms with Crippen LogP contribution in [0, 0.1) is 6.92 Å². The van der Waals surface area contributed by atoms with Crippen molar-refractivity contribution in [3.8, 4) is 0 Å². The number of aryl methyl sites for hydroxylation is 1. The van der Waals surface area contributed by atoms with Crippen molar-refractivity contribution in [2.75, 3.05) is 17.7 Å². The van der Waals surface area contributed by atoms with Crippen LogP contribution in [0.25, 0.3) is 0 Å². The van der Waals surface area contributed by atoms with Gasteiger partial charge in [-0.25, -0.2) is 9.78 Å². The fourth-order valence-corrected chi connectivity index (χ4v) is 2.43. The van der Waals surface area contributed by atoms with Gasteiger partial charge >= 0.3 is 5.97 Å². The average molecular weight is 369 g/mol. The first-order valence-corrected chi connectivity index (χ1v) is 8.25. The molecule has 0 atom stereocenters. The molecule has 132 valence electrons. The van der Waals surface area contributed by atoms with Gasteiger partial charge in [-0.2, -0.15) is 4.98 Å². The Labute approximate surface area is 156 Å². The smallest absolute Gasteiger partial charge is 0.337 e. The Morgan fingerprint density at radius 3 is 2.23 bits per heavy atom. The van der Waals surface area contributed by atoms with Crippen LogP contribution in [-0.4, -0.2) is 23.0 Å². The Kier molecular flexibility index (Phi) is 5.34. The van der Waals surface area contributed by atoms with Crippen LogP contribution >= 0.6 is 11.6 Å². The molecule has 26 heavy (non-hydrogen) atoms. The molecular formula is C19H17ClN4O2. The number of methoxy groups -OCH3 is 1. The van der Waals surface area contributed by atoms with Crippen LogP contribution in [0.4, 0.5) is 23.1 Å². The van der Waals surface area contributed by atoms with Gasteiger partial charge < -0.3 is 15.4 Å². The lowest BCUT2D eigenvalue weighted by molar-refractivity contribution is 0.0601. The highest BCUT2D eigenvalue weighted by Crippen LogP contribution is 2.21. The Hall–Kier alpha value is -3.12. The van der Waals surface area contributed by atoms with Crippen LogP contribution in [0.2, 0.25) is 5.02 Å². The number of benzene rings is 2. The molecule has 0 saturated heterocycles. The van der Waals surface area contributed by atoms with Gasteiger partial charge in [0.25, 0.3) is 0 Å². The van der Waals surface area contributed by atoms with Gasteiger partial charge in [0.1, 0.15) is 5.82 Å². The van der Waals surface area contributed by atoms with Crippen LogP contribution < -0.4 is 10.6 Å². The maximum Gasteiger partial charge on any atom is 0.337 e. The van der Waals surface area contributed by atoms with Gasteiger partial charge in [-0.1, -0.05) is 11.6 Å². The highest BCUT2D eigenvalue weighted by atomic mass is 35.5. The van der Waals surface area contributed by atoms with E-state index in [9.17, 15) is 4.79 Å². The third-order valence-corrected chi connectivity index (χ3v) is 3.78. The molecule has 1 heterocycles. The third-order valence-electron chi connectivity index (χ3n) is 3.53. The topological polar surface area (TPSA) is 76.1 Å². The van der Waals surface area contributed by atoms with Crippen LogP contribution in [0.3, 0.4) is 0 Å². The molecule has 6 nitrogen and oxygen atoms in total. The Balaban J connectivity index is 1.77. The van der Waals surface area contributed by atoms with Crippen LogP contribution in [0.5, 0.6) is 0 Å². The molecule has 0 bridgehead atoms. The van der Waals surface area contributed by atoms with Gasteiger partial charge in [-0.05, 0) is 55.5 Å². The number of halogens is 1. The monoisotopic (exact) mass is 368 g/mol. The minimum absolute atomic E-state index is 0.371. The van der Waals surface area contributed by atoms with E-state index in [-0.39, 0.29) is 5.97 Å². The van der Waals surface area contributed by atoms with E-state index in [1.54, 1.807) is 36.4 Å². The van der Waals surface area contributed by atoms with E-state index in [1.165, 1.54) is 7.11 Å². The molecule has 0 aliphatic carbocycles. The molecular weight excluding hydrogens is 352 g/mol. The van der Waals surface area contributed by atoms with Crippen molar-refractivity contribution in [3.05, 3.63) is 70.9 Å². The summed E-state index contributed by atoms with van der Waals surface area (Å²) in [5.74, 6) is 0.740. The Bertz CT molecular complexity index is 912. The van der Waals surface area contributed by atoms with Crippen molar-refractivity contribution in [1.82, 2.24) is 9.97 Å². The second-order valence-electron chi connectivity index (χ2n) is 5.54. The molecule has 7 heteroatoms. The lowest BCUT2D eigenvalue weighted by atomic mass is 10.2. The van der Waals surface area contributed by atoms with Crippen molar-refractivity contribution in [2.45, 2.75) is 6.92 Å². The van der Waals surface area contributed by atoms with Crippen LogP contribution in [0.1, 0.15) is 16.1 Å². The predicted molar refractivity (Wildman–Crippen MR) is 103 cm³/mol. The summed E-state index contributed by atoms with van der Waals surface area (Å²) in [5, 5.41) is 7.01. The molecule has 0 saturated carbocycles. The Morgan fingerprint density at radius 1 is 0.962 bits per heavy atom. The van der Waals surface area contributed by atoms with E-state index < -0.39 is 0 Å². The number of hydrogen-bond donors (Lipinski definition) is 2. The molecule has 3 rings (SSSR count). The standard InChI is InChI=1S/C19H17ClN4O2/c1-12-11-17(22-15-7-3-13(4-8-15)18(25)26-2)24-19(21-12)23-16-9-5-14(20)6-10-16/h3-11H,1-2H3,(H2,21,22,23,24). The molecule has 0 aliphatic heterocycles. The summed E-state index contributed by atoms with van der Waals surface area (Å²) in [7, 11) is 1.35. The summed E-state index contributed by atoms with van der Waals surface area (Å²) in [5.41, 5.74) is 2.94. The summed E-state index contributed by atoms with van der Waals surface area (Å²) in [4.78, 5) is 20.3. The van der Waals surface area contributed by atoms with Gasteiger partial charge in [0.05, 0.1) is 12.7 Å². The maximum absolute atomic E-state index is 11.5. The second kappa shape index (κ2) is 7.84. The minimum atomic E-state index is -0.371. The zero-order valence-electron chi connectivity index (χ0n) is 14.3. The molecule has 0 spiro atoms. The van der Waals surface area contributed by atoms with Crippen molar-refractivity contribution >= 4 is 40.7 Å². The zero-order chi connectivity index (χ0) is 18.5. The number of esters is 1. The lowest BCUT2D eigenvalue weighted by Crippen LogP contribution is -2.03. The lowest BCUT2D eigenvalue weighted by Gasteiger charge is -2.10. The largest absolute Gasteiger partial charge is 0.465 e. The van der Waals surface area contributed by atoms with E-state index in [4.69, 9.17) is 16.3 Å². The molecule has 0 unspecified atom stereocenters. The molecule has 3 aromatic rings.